The predicted molar refractivity (Wildman–Crippen MR) is 72.5 cm³/mol. The first kappa shape index (κ1) is 12.2. The van der Waals surface area contributed by atoms with Gasteiger partial charge in [-0.3, -0.25) is 0 Å². The molecule has 1 saturated carbocycles. The van der Waals surface area contributed by atoms with Crippen molar-refractivity contribution in [3.63, 3.8) is 0 Å². The molecule has 1 fully saturated rings. The topological polar surface area (TPSA) is 40.2 Å². The van der Waals surface area contributed by atoms with Crippen LogP contribution in [0.5, 0.6) is 0 Å². The number of aromatic nitrogens is 1. The van der Waals surface area contributed by atoms with Crippen molar-refractivity contribution in [3.05, 3.63) is 18.3 Å². The highest BCUT2D eigenvalue weighted by atomic mass is 15.2. The van der Waals surface area contributed by atoms with E-state index in [1.165, 1.54) is 12.8 Å². The SMILES string of the molecule is CCNc1cc(NCCN(C)C2CC2)ccn1. The third-order valence-corrected chi connectivity index (χ3v) is 3.08. The number of nitrogens with one attached hydrogen (secondary N) is 2. The number of rotatable bonds is 7. The van der Waals surface area contributed by atoms with Gasteiger partial charge in [0.2, 0.25) is 0 Å². The molecule has 2 rings (SSSR count). The summed E-state index contributed by atoms with van der Waals surface area (Å²) in [6.45, 7) is 5.07. The largest absolute Gasteiger partial charge is 0.384 e. The summed E-state index contributed by atoms with van der Waals surface area (Å²) in [6, 6.07) is 4.91. The second kappa shape index (κ2) is 5.87. The average Bonchev–Trinajstić information content (AvgIpc) is 3.14. The lowest BCUT2D eigenvalue weighted by molar-refractivity contribution is 0.337. The van der Waals surface area contributed by atoms with Crippen LogP contribution in [-0.2, 0) is 0 Å². The Kier molecular flexibility index (Phi) is 4.20. The van der Waals surface area contributed by atoms with Crippen molar-refractivity contribution in [1.29, 1.82) is 0 Å². The van der Waals surface area contributed by atoms with Crippen LogP contribution in [0.3, 0.4) is 0 Å². The van der Waals surface area contributed by atoms with Gasteiger partial charge in [0.25, 0.3) is 0 Å². The highest BCUT2D eigenvalue weighted by Gasteiger charge is 2.25. The molecule has 0 aromatic carbocycles. The molecule has 0 saturated heterocycles. The number of pyridine rings is 1. The van der Waals surface area contributed by atoms with Crippen molar-refractivity contribution >= 4 is 11.5 Å². The van der Waals surface area contributed by atoms with E-state index in [0.717, 1.165) is 37.2 Å². The summed E-state index contributed by atoms with van der Waals surface area (Å²) in [4.78, 5) is 6.68. The maximum absolute atomic E-state index is 4.25. The Morgan fingerprint density at radius 1 is 1.41 bits per heavy atom. The second-order valence-electron chi connectivity index (χ2n) is 4.60. The van der Waals surface area contributed by atoms with Crippen LogP contribution in [0.4, 0.5) is 11.5 Å². The van der Waals surface area contributed by atoms with Crippen molar-refractivity contribution in [2.75, 3.05) is 37.3 Å². The summed E-state index contributed by atoms with van der Waals surface area (Å²) in [5.41, 5.74) is 1.14. The van der Waals surface area contributed by atoms with E-state index >= 15 is 0 Å². The fourth-order valence-corrected chi connectivity index (χ4v) is 1.89. The first-order chi connectivity index (χ1) is 8.29. The maximum Gasteiger partial charge on any atom is 0.127 e. The lowest BCUT2D eigenvalue weighted by Gasteiger charge is -2.16. The van der Waals surface area contributed by atoms with Gasteiger partial charge in [-0.05, 0) is 32.9 Å². The van der Waals surface area contributed by atoms with Gasteiger partial charge in [0.15, 0.2) is 0 Å². The van der Waals surface area contributed by atoms with E-state index in [0.29, 0.717) is 0 Å². The molecule has 1 heterocycles. The van der Waals surface area contributed by atoms with E-state index in [2.05, 4.69) is 40.6 Å². The minimum Gasteiger partial charge on any atom is -0.384 e. The van der Waals surface area contributed by atoms with Gasteiger partial charge in [-0.15, -0.1) is 0 Å². The Labute approximate surface area is 103 Å². The van der Waals surface area contributed by atoms with Crippen molar-refractivity contribution in [1.82, 2.24) is 9.88 Å². The molecule has 4 heteroatoms. The van der Waals surface area contributed by atoms with Gasteiger partial charge >= 0.3 is 0 Å². The van der Waals surface area contributed by atoms with Crippen LogP contribution >= 0.6 is 0 Å². The standard InChI is InChI=1S/C13H22N4/c1-3-14-13-10-11(6-7-16-13)15-8-9-17(2)12-4-5-12/h6-7,10,12H,3-5,8-9H2,1-2H3,(H2,14,15,16). The Hall–Kier alpha value is -1.29. The third kappa shape index (κ3) is 3.89. The molecule has 1 aromatic heterocycles. The number of hydrogen-bond donors (Lipinski definition) is 2. The van der Waals surface area contributed by atoms with E-state index in [1.807, 2.05) is 12.3 Å². The summed E-state index contributed by atoms with van der Waals surface area (Å²) in [5, 5.41) is 6.65. The zero-order valence-electron chi connectivity index (χ0n) is 10.7. The number of anilines is 2. The predicted octanol–water partition coefficient (Wildman–Crippen LogP) is 2.02. The van der Waals surface area contributed by atoms with Gasteiger partial charge in [-0.2, -0.15) is 0 Å². The van der Waals surface area contributed by atoms with E-state index < -0.39 is 0 Å². The molecule has 4 nitrogen and oxygen atoms in total. The Bertz CT molecular complexity index is 349. The van der Waals surface area contributed by atoms with Gasteiger partial charge in [0.1, 0.15) is 5.82 Å². The summed E-state index contributed by atoms with van der Waals surface area (Å²) >= 11 is 0. The monoisotopic (exact) mass is 234 g/mol. The summed E-state index contributed by atoms with van der Waals surface area (Å²) in [6.07, 6.45) is 4.58. The normalized spacial score (nSPS) is 15.0. The molecule has 94 valence electrons. The van der Waals surface area contributed by atoms with Gasteiger partial charge in [0, 0.05) is 43.6 Å². The van der Waals surface area contributed by atoms with E-state index in [-0.39, 0.29) is 0 Å². The Morgan fingerprint density at radius 2 is 2.24 bits per heavy atom. The van der Waals surface area contributed by atoms with Crippen LogP contribution in [0.25, 0.3) is 0 Å². The van der Waals surface area contributed by atoms with Gasteiger partial charge in [0.05, 0.1) is 0 Å². The first-order valence-electron chi connectivity index (χ1n) is 6.43. The summed E-state index contributed by atoms with van der Waals surface area (Å²) in [5.74, 6) is 0.938. The smallest absolute Gasteiger partial charge is 0.127 e. The van der Waals surface area contributed by atoms with Crippen molar-refractivity contribution < 1.29 is 0 Å². The molecule has 17 heavy (non-hydrogen) atoms. The Morgan fingerprint density at radius 3 is 2.94 bits per heavy atom. The van der Waals surface area contributed by atoms with Gasteiger partial charge in [-0.25, -0.2) is 4.98 Å². The van der Waals surface area contributed by atoms with Crippen molar-refractivity contribution in [2.45, 2.75) is 25.8 Å². The molecule has 0 bridgehead atoms. The zero-order chi connectivity index (χ0) is 12.1. The molecular weight excluding hydrogens is 212 g/mol. The van der Waals surface area contributed by atoms with Crippen LogP contribution < -0.4 is 10.6 Å². The quantitative estimate of drug-likeness (QED) is 0.757. The molecule has 1 aliphatic carbocycles. The summed E-state index contributed by atoms with van der Waals surface area (Å²) in [7, 11) is 2.20. The molecule has 0 unspecified atom stereocenters. The van der Waals surface area contributed by atoms with Crippen molar-refractivity contribution in [3.8, 4) is 0 Å². The Balaban J connectivity index is 1.75. The van der Waals surface area contributed by atoms with E-state index in [1.54, 1.807) is 0 Å². The molecule has 1 aliphatic rings. The lowest BCUT2D eigenvalue weighted by atomic mass is 10.3. The minimum absolute atomic E-state index is 0.839. The van der Waals surface area contributed by atoms with Crippen LogP contribution in [0, 0.1) is 0 Å². The fraction of sp³-hybridized carbons (Fsp3) is 0.615. The summed E-state index contributed by atoms with van der Waals surface area (Å²) < 4.78 is 0. The third-order valence-electron chi connectivity index (χ3n) is 3.08. The van der Waals surface area contributed by atoms with Crippen molar-refractivity contribution in [2.24, 2.45) is 0 Å². The molecular formula is C13H22N4. The van der Waals surface area contributed by atoms with Crippen LogP contribution in [0.2, 0.25) is 0 Å². The molecule has 0 spiro atoms. The number of likely N-dealkylation sites (N-methyl/N-ethyl adjacent to an activating group) is 1. The highest BCUT2D eigenvalue weighted by molar-refractivity contribution is 5.51. The molecule has 0 aliphatic heterocycles. The number of hydrogen-bond acceptors (Lipinski definition) is 4. The van der Waals surface area contributed by atoms with Crippen LogP contribution in [0.1, 0.15) is 19.8 Å². The minimum atomic E-state index is 0.839. The number of nitrogens with zero attached hydrogens (tertiary/aromatic N) is 2. The molecule has 1 aromatic rings. The lowest BCUT2D eigenvalue weighted by Crippen LogP contribution is -2.27. The maximum atomic E-state index is 4.25. The van der Waals surface area contributed by atoms with Crippen LogP contribution in [-0.4, -0.2) is 42.6 Å². The highest BCUT2D eigenvalue weighted by Crippen LogP contribution is 2.24. The van der Waals surface area contributed by atoms with Gasteiger partial charge < -0.3 is 15.5 Å². The second-order valence-corrected chi connectivity index (χ2v) is 4.60. The molecule has 0 radical (unpaired) electrons. The van der Waals surface area contributed by atoms with E-state index in [9.17, 15) is 0 Å². The van der Waals surface area contributed by atoms with Crippen LogP contribution in [0.15, 0.2) is 18.3 Å². The average molecular weight is 234 g/mol. The molecule has 0 atom stereocenters. The molecule has 2 N–H and O–H groups in total. The zero-order valence-corrected chi connectivity index (χ0v) is 10.7. The van der Waals surface area contributed by atoms with E-state index in [4.69, 9.17) is 0 Å². The van der Waals surface area contributed by atoms with Gasteiger partial charge in [-0.1, -0.05) is 0 Å². The molecule has 0 amide bonds. The fourth-order valence-electron chi connectivity index (χ4n) is 1.89. The first-order valence-corrected chi connectivity index (χ1v) is 6.43.